The molecule has 2 aliphatic rings. The van der Waals surface area contributed by atoms with E-state index in [-0.39, 0.29) is 5.92 Å². The minimum Gasteiger partial charge on any atom is -0.493 e. The predicted octanol–water partition coefficient (Wildman–Crippen LogP) is 3.79. The number of fused-ring (bicyclic) bond motifs is 1. The molecule has 0 amide bonds. The van der Waals surface area contributed by atoms with Crippen LogP contribution >= 0.6 is 0 Å². The second-order valence-corrected chi connectivity index (χ2v) is 7.08. The molecule has 1 aromatic carbocycles. The van der Waals surface area contributed by atoms with Crippen LogP contribution in [0.4, 0.5) is 0 Å². The summed E-state index contributed by atoms with van der Waals surface area (Å²) in [4.78, 5) is 0. The van der Waals surface area contributed by atoms with Crippen LogP contribution in [-0.4, -0.2) is 25.3 Å². The molecule has 1 aliphatic carbocycles. The molecule has 1 unspecified atom stereocenters. The summed E-state index contributed by atoms with van der Waals surface area (Å²) < 4.78 is 5.98. The van der Waals surface area contributed by atoms with E-state index in [1.165, 1.54) is 5.57 Å². The van der Waals surface area contributed by atoms with Crippen molar-refractivity contribution in [3.63, 3.8) is 0 Å². The van der Waals surface area contributed by atoms with Crippen LogP contribution in [0.3, 0.4) is 0 Å². The van der Waals surface area contributed by atoms with E-state index in [4.69, 9.17) is 4.74 Å². The number of nitrogens with one attached hydrogen (secondary N) is 1. The van der Waals surface area contributed by atoms with E-state index in [2.05, 4.69) is 30.5 Å². The summed E-state index contributed by atoms with van der Waals surface area (Å²) in [5.41, 5.74) is 1.44. The van der Waals surface area contributed by atoms with Gasteiger partial charge in [-0.1, -0.05) is 42.0 Å². The molecule has 3 nitrogen and oxygen atoms in total. The Hall–Kier alpha value is -1.58. The van der Waals surface area contributed by atoms with E-state index >= 15 is 0 Å². The van der Waals surface area contributed by atoms with Crippen LogP contribution in [0.25, 0.3) is 0 Å². The van der Waals surface area contributed by atoms with Crippen LogP contribution in [0.5, 0.6) is 5.75 Å². The highest BCUT2D eigenvalue weighted by Crippen LogP contribution is 2.47. The fourth-order valence-electron chi connectivity index (χ4n) is 4.15. The van der Waals surface area contributed by atoms with Crippen molar-refractivity contribution in [2.75, 3.05) is 20.2 Å². The van der Waals surface area contributed by atoms with Crippen molar-refractivity contribution in [3.8, 4) is 5.75 Å². The van der Waals surface area contributed by atoms with Crippen LogP contribution in [0.15, 0.2) is 48.1 Å². The zero-order chi connectivity index (χ0) is 17.0. The smallest absolute Gasteiger partial charge is 0.125 e. The van der Waals surface area contributed by atoms with E-state index in [1.807, 2.05) is 31.3 Å². The number of allylic oxidation sites excluding steroid dienone is 4. The molecule has 0 aromatic heterocycles. The molecular weight excluding hydrogens is 298 g/mol. The zero-order valence-electron chi connectivity index (χ0n) is 14.8. The topological polar surface area (TPSA) is 41.5 Å². The molecule has 3 rings (SSSR count). The maximum Gasteiger partial charge on any atom is 0.125 e. The lowest BCUT2D eigenvalue weighted by Gasteiger charge is -2.40. The van der Waals surface area contributed by atoms with E-state index < -0.39 is 5.60 Å². The number of ether oxygens (including phenoxy) is 1. The van der Waals surface area contributed by atoms with Crippen molar-refractivity contribution in [3.05, 3.63) is 53.6 Å². The van der Waals surface area contributed by atoms with Gasteiger partial charge in [0.05, 0.1) is 12.2 Å². The van der Waals surface area contributed by atoms with Crippen molar-refractivity contribution in [1.29, 1.82) is 0 Å². The molecule has 0 saturated heterocycles. The first-order chi connectivity index (χ1) is 11.6. The van der Waals surface area contributed by atoms with E-state index in [0.29, 0.717) is 12.5 Å². The van der Waals surface area contributed by atoms with Crippen molar-refractivity contribution < 1.29 is 9.84 Å². The third-order valence-corrected chi connectivity index (χ3v) is 5.47. The lowest BCUT2D eigenvalue weighted by Crippen LogP contribution is -2.39. The lowest BCUT2D eigenvalue weighted by molar-refractivity contribution is -0.0505. The minimum absolute atomic E-state index is 0.179. The molecule has 0 saturated carbocycles. The molecule has 1 aliphatic heterocycles. The van der Waals surface area contributed by atoms with Gasteiger partial charge in [-0.05, 0) is 58.2 Å². The second-order valence-electron chi connectivity index (χ2n) is 7.08. The van der Waals surface area contributed by atoms with Gasteiger partial charge in [-0.2, -0.15) is 0 Å². The van der Waals surface area contributed by atoms with Gasteiger partial charge in [-0.15, -0.1) is 0 Å². The Labute approximate surface area is 145 Å². The largest absolute Gasteiger partial charge is 0.493 e. The van der Waals surface area contributed by atoms with Gasteiger partial charge in [0, 0.05) is 11.5 Å². The van der Waals surface area contributed by atoms with Crippen molar-refractivity contribution in [2.45, 2.75) is 38.2 Å². The van der Waals surface area contributed by atoms with E-state index in [1.54, 1.807) is 0 Å². The third-order valence-electron chi connectivity index (χ3n) is 5.47. The highest BCUT2D eigenvalue weighted by atomic mass is 16.5. The Kier molecular flexibility index (Phi) is 5.42. The molecule has 0 bridgehead atoms. The number of para-hydroxylation sites is 1. The monoisotopic (exact) mass is 327 g/mol. The number of aliphatic hydroxyl groups is 1. The number of hydrogen-bond donors (Lipinski definition) is 2. The molecule has 24 heavy (non-hydrogen) atoms. The lowest BCUT2D eigenvalue weighted by atomic mass is 9.68. The van der Waals surface area contributed by atoms with E-state index in [9.17, 15) is 5.11 Å². The Balaban J connectivity index is 1.95. The van der Waals surface area contributed by atoms with Crippen LogP contribution in [-0.2, 0) is 5.60 Å². The van der Waals surface area contributed by atoms with Crippen LogP contribution < -0.4 is 10.1 Å². The van der Waals surface area contributed by atoms with Crippen LogP contribution in [0.1, 0.15) is 38.2 Å². The Morgan fingerprint density at radius 3 is 2.92 bits per heavy atom. The molecular formula is C21H29NO2. The zero-order valence-corrected chi connectivity index (χ0v) is 14.8. The average Bonchev–Trinajstić information content (AvgIpc) is 2.74. The van der Waals surface area contributed by atoms with Crippen LogP contribution in [0.2, 0.25) is 0 Å². The summed E-state index contributed by atoms with van der Waals surface area (Å²) in [6.45, 7) is 3.72. The van der Waals surface area contributed by atoms with Crippen LogP contribution in [0, 0.1) is 11.8 Å². The maximum absolute atomic E-state index is 11.8. The molecule has 2 N–H and O–H groups in total. The SMILES string of the molecule is CNCCC[C@@]1(O)c2ccccc2OCC[C@@H]1C1C=CC(C)=CC1. The second kappa shape index (κ2) is 7.54. The van der Waals surface area contributed by atoms with Gasteiger partial charge in [-0.25, -0.2) is 0 Å². The molecule has 3 atom stereocenters. The van der Waals surface area contributed by atoms with Gasteiger partial charge in [0.2, 0.25) is 0 Å². The van der Waals surface area contributed by atoms with Gasteiger partial charge in [0.15, 0.2) is 0 Å². The average molecular weight is 327 g/mol. The van der Waals surface area contributed by atoms with E-state index in [0.717, 1.165) is 43.5 Å². The maximum atomic E-state index is 11.8. The quantitative estimate of drug-likeness (QED) is 0.808. The highest BCUT2D eigenvalue weighted by Gasteiger charge is 2.44. The van der Waals surface area contributed by atoms with Gasteiger partial charge in [-0.3, -0.25) is 0 Å². The minimum atomic E-state index is -0.835. The Morgan fingerprint density at radius 1 is 1.33 bits per heavy atom. The summed E-state index contributed by atoms with van der Waals surface area (Å²) in [6, 6.07) is 8.02. The first-order valence-electron chi connectivity index (χ1n) is 9.09. The van der Waals surface area contributed by atoms with Gasteiger partial charge in [0.25, 0.3) is 0 Å². The number of benzene rings is 1. The standard InChI is InChI=1S/C21H29NO2/c1-16-8-10-17(11-9-16)18-12-15-24-20-7-4-3-6-19(20)21(18,23)13-5-14-22-2/h3-4,6-10,17-18,22-23H,5,11-15H2,1-2H3/t17?,18-,21+/m1/s1. The summed E-state index contributed by atoms with van der Waals surface area (Å²) in [5.74, 6) is 1.39. The molecule has 0 spiro atoms. The van der Waals surface area contributed by atoms with Crippen molar-refractivity contribution >= 4 is 0 Å². The summed E-state index contributed by atoms with van der Waals surface area (Å²) >= 11 is 0. The molecule has 1 aromatic rings. The summed E-state index contributed by atoms with van der Waals surface area (Å²) in [7, 11) is 1.96. The summed E-state index contributed by atoms with van der Waals surface area (Å²) in [5, 5.41) is 15.0. The van der Waals surface area contributed by atoms with Crippen molar-refractivity contribution in [2.24, 2.45) is 11.8 Å². The first-order valence-corrected chi connectivity index (χ1v) is 9.09. The molecule has 130 valence electrons. The third kappa shape index (κ3) is 3.42. The fourth-order valence-corrected chi connectivity index (χ4v) is 4.15. The normalized spacial score (nSPS) is 29.4. The number of rotatable bonds is 5. The Morgan fingerprint density at radius 2 is 2.17 bits per heavy atom. The molecule has 0 fully saturated rings. The molecule has 3 heteroatoms. The molecule has 1 heterocycles. The van der Waals surface area contributed by atoms with Gasteiger partial charge < -0.3 is 15.2 Å². The fraction of sp³-hybridized carbons (Fsp3) is 0.524. The predicted molar refractivity (Wildman–Crippen MR) is 98.1 cm³/mol. The summed E-state index contributed by atoms with van der Waals surface area (Å²) in [6.07, 6.45) is 10.4. The van der Waals surface area contributed by atoms with Gasteiger partial charge >= 0.3 is 0 Å². The van der Waals surface area contributed by atoms with Crippen molar-refractivity contribution in [1.82, 2.24) is 5.32 Å². The van der Waals surface area contributed by atoms with Gasteiger partial charge in [0.1, 0.15) is 5.75 Å². The highest BCUT2D eigenvalue weighted by molar-refractivity contribution is 5.40. The molecule has 0 radical (unpaired) electrons. The first kappa shape index (κ1) is 17.2. The Bertz CT molecular complexity index is 622. The number of hydrogen-bond acceptors (Lipinski definition) is 3.